The number of benzene rings is 2. The van der Waals surface area contributed by atoms with Gasteiger partial charge in [0.1, 0.15) is 6.17 Å². The SMILES string of the molecule is CSC1=CC(N)N(c2c(Cl)cc(Cl)cc2Cl)N1C(=O)c1cc(C(C)C)ccc1C. The van der Waals surface area contributed by atoms with Crippen LogP contribution in [0.5, 0.6) is 0 Å². The number of carbonyl (C=O) groups excluding carboxylic acids is 1. The Hall–Kier alpha value is -1.37. The van der Waals surface area contributed by atoms with Gasteiger partial charge in [-0.15, -0.1) is 11.8 Å². The molecule has 0 radical (unpaired) electrons. The van der Waals surface area contributed by atoms with Gasteiger partial charge < -0.3 is 5.73 Å². The van der Waals surface area contributed by atoms with E-state index in [2.05, 4.69) is 13.8 Å². The first kappa shape index (κ1) is 22.3. The molecule has 2 N–H and O–H groups in total. The highest BCUT2D eigenvalue weighted by Gasteiger charge is 2.38. The van der Waals surface area contributed by atoms with Crippen molar-refractivity contribution in [1.29, 1.82) is 0 Å². The van der Waals surface area contributed by atoms with Crippen molar-refractivity contribution in [2.45, 2.75) is 32.9 Å². The predicted molar refractivity (Wildman–Crippen MR) is 125 cm³/mol. The van der Waals surface area contributed by atoms with Crippen LogP contribution in [0.3, 0.4) is 0 Å². The number of hydrazine groups is 1. The second-order valence-electron chi connectivity index (χ2n) is 7.11. The Morgan fingerprint density at radius 2 is 1.76 bits per heavy atom. The monoisotopic (exact) mass is 469 g/mol. The molecule has 1 heterocycles. The highest BCUT2D eigenvalue weighted by molar-refractivity contribution is 8.02. The minimum absolute atomic E-state index is 0.194. The maximum atomic E-state index is 13.7. The van der Waals surface area contributed by atoms with Gasteiger partial charge in [-0.3, -0.25) is 9.80 Å². The summed E-state index contributed by atoms with van der Waals surface area (Å²) in [7, 11) is 0. The van der Waals surface area contributed by atoms with Gasteiger partial charge >= 0.3 is 0 Å². The van der Waals surface area contributed by atoms with Crippen molar-refractivity contribution in [2.24, 2.45) is 5.73 Å². The molecular weight excluding hydrogens is 449 g/mol. The molecule has 0 saturated heterocycles. The fourth-order valence-electron chi connectivity index (χ4n) is 3.22. The van der Waals surface area contributed by atoms with Crippen LogP contribution in [0.15, 0.2) is 41.4 Å². The molecule has 0 aromatic heterocycles. The topological polar surface area (TPSA) is 49.6 Å². The van der Waals surface area contributed by atoms with E-state index in [1.165, 1.54) is 11.8 Å². The van der Waals surface area contributed by atoms with Gasteiger partial charge in [-0.25, -0.2) is 5.01 Å². The molecule has 0 aliphatic carbocycles. The third-order valence-electron chi connectivity index (χ3n) is 4.79. The molecule has 4 nitrogen and oxygen atoms in total. The Bertz CT molecular complexity index is 970. The van der Waals surface area contributed by atoms with Gasteiger partial charge in [0.05, 0.1) is 20.8 Å². The number of nitrogens with zero attached hydrogens (tertiary/aromatic N) is 2. The van der Waals surface area contributed by atoms with Crippen LogP contribution < -0.4 is 10.7 Å². The van der Waals surface area contributed by atoms with Crippen molar-refractivity contribution in [1.82, 2.24) is 5.01 Å². The quantitative estimate of drug-likeness (QED) is 0.558. The predicted octanol–water partition coefficient (Wildman–Crippen LogP) is 6.45. The second-order valence-corrected chi connectivity index (χ2v) is 9.19. The van der Waals surface area contributed by atoms with Crippen molar-refractivity contribution in [3.05, 3.63) is 73.2 Å². The summed E-state index contributed by atoms with van der Waals surface area (Å²) in [5.41, 5.74) is 9.39. The maximum absolute atomic E-state index is 13.7. The highest BCUT2D eigenvalue weighted by Crippen LogP contribution is 2.42. The zero-order valence-electron chi connectivity index (χ0n) is 16.5. The number of halogens is 3. The average Bonchev–Trinajstić information content (AvgIpc) is 2.97. The smallest absolute Gasteiger partial charge is 0.277 e. The number of nitrogens with two attached hydrogens (primary N) is 1. The average molecular weight is 471 g/mol. The summed E-state index contributed by atoms with van der Waals surface area (Å²) >= 11 is 20.4. The standard InChI is InChI=1S/C21H22Cl3N3OS/c1-11(2)13-6-5-12(3)15(7-13)21(28)27-19(29-4)10-18(25)26(27)20-16(23)8-14(22)9-17(20)24/h5-11,18H,25H2,1-4H3. The summed E-state index contributed by atoms with van der Waals surface area (Å²) in [6.07, 6.45) is 3.10. The van der Waals surface area contributed by atoms with Crippen LogP contribution in [0.2, 0.25) is 15.1 Å². The third-order valence-corrected chi connectivity index (χ3v) is 6.31. The van der Waals surface area contributed by atoms with Gasteiger partial charge in [-0.2, -0.15) is 0 Å². The van der Waals surface area contributed by atoms with Crippen LogP contribution in [0.4, 0.5) is 5.69 Å². The number of thioether (sulfide) groups is 1. The van der Waals surface area contributed by atoms with Gasteiger partial charge in [0, 0.05) is 10.6 Å². The lowest BCUT2D eigenvalue weighted by Gasteiger charge is -2.35. The number of rotatable bonds is 4. The van der Waals surface area contributed by atoms with Crippen LogP contribution in [-0.2, 0) is 0 Å². The van der Waals surface area contributed by atoms with Crippen molar-refractivity contribution in [3.8, 4) is 0 Å². The zero-order valence-corrected chi connectivity index (χ0v) is 19.6. The van der Waals surface area contributed by atoms with Crippen molar-refractivity contribution in [2.75, 3.05) is 11.3 Å². The van der Waals surface area contributed by atoms with E-state index in [4.69, 9.17) is 40.5 Å². The van der Waals surface area contributed by atoms with Gasteiger partial charge in [0.2, 0.25) is 0 Å². The lowest BCUT2D eigenvalue weighted by atomic mass is 9.97. The zero-order chi connectivity index (χ0) is 21.5. The van der Waals surface area contributed by atoms with E-state index < -0.39 is 6.17 Å². The fourth-order valence-corrected chi connectivity index (χ4v) is 4.83. The first-order chi connectivity index (χ1) is 13.6. The van der Waals surface area contributed by atoms with Crippen LogP contribution in [0, 0.1) is 6.92 Å². The number of anilines is 1. The van der Waals surface area contributed by atoms with E-state index in [0.717, 1.165) is 11.1 Å². The number of hydrogen-bond acceptors (Lipinski definition) is 4. The molecule has 0 saturated carbocycles. The molecule has 1 aliphatic heterocycles. The van der Waals surface area contributed by atoms with E-state index >= 15 is 0 Å². The number of aryl methyl sites for hydroxylation is 1. The van der Waals surface area contributed by atoms with Crippen LogP contribution in [0.25, 0.3) is 0 Å². The highest BCUT2D eigenvalue weighted by atomic mass is 35.5. The number of hydrogen-bond donors (Lipinski definition) is 1. The molecule has 3 rings (SSSR count). The summed E-state index contributed by atoms with van der Waals surface area (Å²) in [6.45, 7) is 6.11. The summed E-state index contributed by atoms with van der Waals surface area (Å²) in [5.74, 6) is 0.107. The summed E-state index contributed by atoms with van der Waals surface area (Å²) in [6, 6.07) is 9.12. The number of carbonyl (C=O) groups is 1. The third kappa shape index (κ3) is 4.25. The molecule has 1 unspecified atom stereocenters. The van der Waals surface area contributed by atoms with Crippen molar-refractivity contribution < 1.29 is 4.79 Å². The van der Waals surface area contributed by atoms with Crippen molar-refractivity contribution >= 4 is 58.2 Å². The molecule has 2 aromatic carbocycles. The van der Waals surface area contributed by atoms with E-state index in [9.17, 15) is 4.79 Å². The fraction of sp³-hybridized carbons (Fsp3) is 0.286. The molecular formula is C21H22Cl3N3OS. The molecule has 2 aromatic rings. The van der Waals surface area contributed by atoms with E-state index in [1.54, 1.807) is 22.2 Å². The Morgan fingerprint density at radius 3 is 2.31 bits per heavy atom. The minimum atomic E-state index is -0.605. The largest absolute Gasteiger partial charge is 0.306 e. The lowest BCUT2D eigenvalue weighted by Crippen LogP contribution is -2.49. The van der Waals surface area contributed by atoms with Crippen LogP contribution in [-0.4, -0.2) is 23.3 Å². The second kappa shape index (κ2) is 8.78. The molecule has 0 fully saturated rings. The van der Waals surface area contributed by atoms with Crippen molar-refractivity contribution in [3.63, 3.8) is 0 Å². The summed E-state index contributed by atoms with van der Waals surface area (Å²) < 4.78 is 0. The first-order valence-corrected chi connectivity index (χ1v) is 11.4. The van der Waals surface area contributed by atoms with Gasteiger partial charge in [0.15, 0.2) is 0 Å². The van der Waals surface area contributed by atoms with Crippen LogP contribution >= 0.6 is 46.6 Å². The normalized spacial score (nSPS) is 16.6. The Morgan fingerprint density at radius 1 is 1.14 bits per heavy atom. The summed E-state index contributed by atoms with van der Waals surface area (Å²) in [4.78, 5) is 13.7. The van der Waals surface area contributed by atoms with Gasteiger partial charge in [-0.05, 0) is 54.5 Å². The molecule has 154 valence electrons. The number of amides is 1. The van der Waals surface area contributed by atoms with E-state index in [1.807, 2.05) is 37.5 Å². The molecule has 0 spiro atoms. The Labute approximate surface area is 190 Å². The van der Waals surface area contributed by atoms with Crippen LogP contribution in [0.1, 0.15) is 41.3 Å². The first-order valence-electron chi connectivity index (χ1n) is 9.05. The van der Waals surface area contributed by atoms with E-state index in [0.29, 0.717) is 37.3 Å². The molecule has 1 atom stereocenters. The molecule has 8 heteroatoms. The molecule has 1 aliphatic rings. The molecule has 1 amide bonds. The minimum Gasteiger partial charge on any atom is -0.306 e. The molecule has 29 heavy (non-hydrogen) atoms. The van der Waals surface area contributed by atoms with E-state index in [-0.39, 0.29) is 5.91 Å². The van der Waals surface area contributed by atoms with Gasteiger partial charge in [0.25, 0.3) is 5.91 Å². The van der Waals surface area contributed by atoms with Gasteiger partial charge in [-0.1, -0.05) is 60.8 Å². The Kier molecular flexibility index (Phi) is 6.76. The summed E-state index contributed by atoms with van der Waals surface area (Å²) in [5, 5.41) is 4.92. The Balaban J connectivity index is 2.14. The molecule has 0 bridgehead atoms. The lowest BCUT2D eigenvalue weighted by molar-refractivity contribution is 0.0807. The maximum Gasteiger partial charge on any atom is 0.277 e.